The van der Waals surface area contributed by atoms with Crippen molar-refractivity contribution in [1.82, 2.24) is 0 Å². The zero-order chi connectivity index (χ0) is 10.8. The Labute approximate surface area is 92.7 Å². The lowest BCUT2D eigenvalue weighted by Crippen LogP contribution is -2.22. The first kappa shape index (κ1) is 10.5. The Morgan fingerprint density at radius 3 is 2.40 bits per heavy atom. The Kier molecular flexibility index (Phi) is 2.99. The van der Waals surface area contributed by atoms with Gasteiger partial charge in [-0.25, -0.2) is 0 Å². The molecule has 0 aromatic heterocycles. The molecule has 0 radical (unpaired) electrons. The molecule has 1 aliphatic carbocycles. The number of nitrogens with two attached hydrogens (primary N) is 1. The molecule has 1 aromatic carbocycles. The molecule has 1 heteroatoms. The van der Waals surface area contributed by atoms with E-state index in [2.05, 4.69) is 32.0 Å². The summed E-state index contributed by atoms with van der Waals surface area (Å²) in [4.78, 5) is 0. The summed E-state index contributed by atoms with van der Waals surface area (Å²) in [6.45, 7) is 4.76. The topological polar surface area (TPSA) is 26.0 Å². The fourth-order valence-corrected chi connectivity index (χ4v) is 3.11. The minimum Gasteiger partial charge on any atom is -0.399 e. The standard InChI is InChI=1S/C14H21N/c1-10-5-3-6-11(2)14(10)12-7-4-8-13(15)9-12/h4,7-11,14H,3,5-6,15H2,1-2H3/t10-,11-/m1/s1. The van der Waals surface area contributed by atoms with Crippen molar-refractivity contribution in [1.29, 1.82) is 0 Å². The molecule has 1 aromatic rings. The molecule has 1 saturated carbocycles. The first-order chi connectivity index (χ1) is 7.18. The first-order valence-corrected chi connectivity index (χ1v) is 6.04. The molecule has 15 heavy (non-hydrogen) atoms. The molecular weight excluding hydrogens is 182 g/mol. The van der Waals surface area contributed by atoms with Crippen molar-refractivity contribution in [3.8, 4) is 0 Å². The van der Waals surface area contributed by atoms with Crippen molar-refractivity contribution in [2.75, 3.05) is 5.73 Å². The number of hydrogen-bond donors (Lipinski definition) is 1. The Bertz CT molecular complexity index is 322. The van der Waals surface area contributed by atoms with Gasteiger partial charge in [0, 0.05) is 5.69 Å². The third-order valence-electron chi connectivity index (χ3n) is 3.84. The average Bonchev–Trinajstić information content (AvgIpc) is 2.17. The van der Waals surface area contributed by atoms with E-state index in [1.807, 2.05) is 6.07 Å². The number of anilines is 1. The highest BCUT2D eigenvalue weighted by molar-refractivity contribution is 5.42. The maximum atomic E-state index is 5.86. The van der Waals surface area contributed by atoms with Gasteiger partial charge in [-0.3, -0.25) is 0 Å². The van der Waals surface area contributed by atoms with Gasteiger partial charge in [0.1, 0.15) is 0 Å². The molecule has 82 valence electrons. The summed E-state index contributed by atoms with van der Waals surface area (Å²) in [6, 6.07) is 8.45. The summed E-state index contributed by atoms with van der Waals surface area (Å²) in [7, 11) is 0. The van der Waals surface area contributed by atoms with Crippen LogP contribution in [0.15, 0.2) is 24.3 Å². The lowest BCUT2D eigenvalue weighted by Gasteiger charge is -2.35. The second-order valence-electron chi connectivity index (χ2n) is 5.08. The van der Waals surface area contributed by atoms with Gasteiger partial charge in [0.25, 0.3) is 0 Å². The molecule has 0 spiro atoms. The van der Waals surface area contributed by atoms with Crippen molar-refractivity contribution in [3.63, 3.8) is 0 Å². The van der Waals surface area contributed by atoms with Crippen LogP contribution in [0.3, 0.4) is 0 Å². The van der Waals surface area contributed by atoms with Gasteiger partial charge in [-0.1, -0.05) is 45.2 Å². The molecule has 2 atom stereocenters. The van der Waals surface area contributed by atoms with E-state index >= 15 is 0 Å². The van der Waals surface area contributed by atoms with Gasteiger partial charge >= 0.3 is 0 Å². The third-order valence-corrected chi connectivity index (χ3v) is 3.84. The molecule has 0 bridgehead atoms. The van der Waals surface area contributed by atoms with E-state index in [0.717, 1.165) is 17.5 Å². The van der Waals surface area contributed by atoms with Gasteiger partial charge in [-0.05, 0) is 35.4 Å². The lowest BCUT2D eigenvalue weighted by atomic mass is 9.70. The quantitative estimate of drug-likeness (QED) is 0.690. The normalized spacial score (nSPS) is 27.9. The van der Waals surface area contributed by atoms with E-state index in [4.69, 9.17) is 5.73 Å². The average molecular weight is 203 g/mol. The highest BCUT2D eigenvalue weighted by Crippen LogP contribution is 2.41. The highest BCUT2D eigenvalue weighted by atomic mass is 14.5. The van der Waals surface area contributed by atoms with Crippen LogP contribution in [0.5, 0.6) is 0 Å². The van der Waals surface area contributed by atoms with E-state index in [-0.39, 0.29) is 0 Å². The van der Waals surface area contributed by atoms with Gasteiger partial charge in [0.05, 0.1) is 0 Å². The van der Waals surface area contributed by atoms with Crippen molar-refractivity contribution in [3.05, 3.63) is 29.8 Å². The van der Waals surface area contributed by atoms with Gasteiger partial charge in [-0.15, -0.1) is 0 Å². The summed E-state index contributed by atoms with van der Waals surface area (Å²) in [6.07, 6.45) is 4.12. The van der Waals surface area contributed by atoms with Crippen LogP contribution in [-0.2, 0) is 0 Å². The third kappa shape index (κ3) is 2.17. The van der Waals surface area contributed by atoms with E-state index < -0.39 is 0 Å². The van der Waals surface area contributed by atoms with Crippen LogP contribution < -0.4 is 5.73 Å². The molecule has 0 unspecified atom stereocenters. The molecule has 0 heterocycles. The maximum Gasteiger partial charge on any atom is 0.0316 e. The van der Waals surface area contributed by atoms with E-state index in [1.165, 1.54) is 24.8 Å². The van der Waals surface area contributed by atoms with Crippen LogP contribution in [0, 0.1) is 11.8 Å². The monoisotopic (exact) mass is 203 g/mol. The molecule has 0 saturated heterocycles. The van der Waals surface area contributed by atoms with Crippen molar-refractivity contribution in [2.24, 2.45) is 11.8 Å². The lowest BCUT2D eigenvalue weighted by molar-refractivity contribution is 0.249. The second-order valence-corrected chi connectivity index (χ2v) is 5.08. The molecule has 1 aliphatic rings. The first-order valence-electron chi connectivity index (χ1n) is 6.04. The Hall–Kier alpha value is -0.980. The van der Waals surface area contributed by atoms with Crippen LogP contribution >= 0.6 is 0 Å². The second kappa shape index (κ2) is 4.26. The number of nitrogen functional groups attached to an aromatic ring is 1. The molecule has 1 fully saturated rings. The predicted octanol–water partition coefficient (Wildman–Crippen LogP) is 3.81. The Balaban J connectivity index is 2.27. The smallest absolute Gasteiger partial charge is 0.0316 e. The summed E-state index contributed by atoms with van der Waals surface area (Å²) in [5.41, 5.74) is 8.20. The number of rotatable bonds is 1. The largest absolute Gasteiger partial charge is 0.399 e. The molecule has 0 amide bonds. The SMILES string of the molecule is C[C@@H]1CCC[C@@H](C)C1c1cccc(N)c1. The van der Waals surface area contributed by atoms with Gasteiger partial charge in [0.2, 0.25) is 0 Å². The zero-order valence-electron chi connectivity index (χ0n) is 9.74. The summed E-state index contributed by atoms with van der Waals surface area (Å²) < 4.78 is 0. The Morgan fingerprint density at radius 1 is 1.13 bits per heavy atom. The molecule has 2 N–H and O–H groups in total. The minimum atomic E-state index is 0.710. The van der Waals surface area contributed by atoms with Crippen LogP contribution in [0.25, 0.3) is 0 Å². The van der Waals surface area contributed by atoms with Crippen LogP contribution in [0.4, 0.5) is 5.69 Å². The van der Waals surface area contributed by atoms with Gasteiger partial charge in [0.15, 0.2) is 0 Å². The van der Waals surface area contributed by atoms with E-state index in [9.17, 15) is 0 Å². The highest BCUT2D eigenvalue weighted by Gasteiger charge is 2.28. The summed E-state index contributed by atoms with van der Waals surface area (Å²) in [5, 5.41) is 0. The number of benzene rings is 1. The summed E-state index contributed by atoms with van der Waals surface area (Å²) in [5.74, 6) is 2.31. The molecule has 2 rings (SSSR count). The fourth-order valence-electron chi connectivity index (χ4n) is 3.11. The Morgan fingerprint density at radius 2 is 1.80 bits per heavy atom. The van der Waals surface area contributed by atoms with E-state index in [1.54, 1.807) is 0 Å². The molecule has 0 aliphatic heterocycles. The van der Waals surface area contributed by atoms with Gasteiger partial charge in [-0.2, -0.15) is 0 Å². The number of hydrogen-bond acceptors (Lipinski definition) is 1. The van der Waals surface area contributed by atoms with Crippen LogP contribution in [0.2, 0.25) is 0 Å². The molecular formula is C14H21N. The molecule has 1 nitrogen and oxygen atoms in total. The van der Waals surface area contributed by atoms with Crippen LogP contribution in [-0.4, -0.2) is 0 Å². The van der Waals surface area contributed by atoms with E-state index in [0.29, 0.717) is 5.92 Å². The van der Waals surface area contributed by atoms with Crippen molar-refractivity contribution < 1.29 is 0 Å². The van der Waals surface area contributed by atoms with Crippen molar-refractivity contribution >= 4 is 5.69 Å². The zero-order valence-corrected chi connectivity index (χ0v) is 9.74. The van der Waals surface area contributed by atoms with Crippen LogP contribution in [0.1, 0.15) is 44.6 Å². The summed E-state index contributed by atoms with van der Waals surface area (Å²) >= 11 is 0. The minimum absolute atomic E-state index is 0.710. The predicted molar refractivity (Wildman–Crippen MR) is 65.8 cm³/mol. The fraction of sp³-hybridized carbons (Fsp3) is 0.571. The van der Waals surface area contributed by atoms with Gasteiger partial charge < -0.3 is 5.73 Å². The maximum absolute atomic E-state index is 5.86. The van der Waals surface area contributed by atoms with Crippen molar-refractivity contribution in [2.45, 2.75) is 39.0 Å².